The molecule has 3 rings (SSSR count). The van der Waals surface area contributed by atoms with Crippen molar-refractivity contribution in [3.8, 4) is 11.5 Å². The van der Waals surface area contributed by atoms with Crippen molar-refractivity contribution >= 4 is 34.5 Å². The fourth-order valence-electron chi connectivity index (χ4n) is 3.02. The van der Waals surface area contributed by atoms with Gasteiger partial charge in [0.1, 0.15) is 0 Å². The van der Waals surface area contributed by atoms with Crippen molar-refractivity contribution in [2.45, 2.75) is 31.3 Å². The Balaban J connectivity index is 1.66. The molecule has 9 heteroatoms. The van der Waals surface area contributed by atoms with Crippen LogP contribution in [0.25, 0.3) is 0 Å². The lowest BCUT2D eigenvalue weighted by atomic mass is 10.0. The number of nitrogens with one attached hydrogen (secondary N) is 1. The van der Waals surface area contributed by atoms with Crippen molar-refractivity contribution in [1.82, 2.24) is 5.32 Å². The molecule has 1 aliphatic heterocycles. The monoisotopic (exact) mass is 513 g/mol. The molecule has 29 heavy (non-hydrogen) atoms. The molecule has 0 spiro atoms. The van der Waals surface area contributed by atoms with Gasteiger partial charge in [-0.2, -0.15) is 0 Å². The van der Waals surface area contributed by atoms with Crippen LogP contribution in [-0.4, -0.2) is 45.6 Å². The van der Waals surface area contributed by atoms with Crippen molar-refractivity contribution in [2.75, 3.05) is 6.54 Å². The summed E-state index contributed by atoms with van der Waals surface area (Å²) in [5.74, 6) is -6.09. The molecule has 2 aromatic rings. The number of carbonyl (C=O) groups is 2. The number of aliphatic carboxylic acids is 2. The Morgan fingerprint density at radius 1 is 1.10 bits per heavy atom. The number of hydrogen-bond donors (Lipinski definition) is 4. The molecule has 0 aliphatic carbocycles. The second kappa shape index (κ2) is 8.56. The van der Waals surface area contributed by atoms with Crippen molar-refractivity contribution in [1.29, 1.82) is 0 Å². The summed E-state index contributed by atoms with van der Waals surface area (Å²) >= 11 is 2.20. The number of aliphatic hydroxyl groups is 1. The third kappa shape index (κ3) is 4.46. The van der Waals surface area contributed by atoms with Crippen LogP contribution in [0.3, 0.4) is 0 Å². The van der Waals surface area contributed by atoms with Crippen LogP contribution in [0.15, 0.2) is 42.5 Å². The number of aliphatic hydroxyl groups excluding tert-OH is 1. The van der Waals surface area contributed by atoms with Crippen LogP contribution in [0.1, 0.15) is 24.2 Å². The van der Waals surface area contributed by atoms with Crippen molar-refractivity contribution in [3.63, 3.8) is 0 Å². The topological polar surface area (TPSA) is 125 Å². The number of para-hydroxylation sites is 1. The summed E-state index contributed by atoms with van der Waals surface area (Å²) in [5, 5.41) is 32.1. The quantitative estimate of drug-likeness (QED) is 0.313. The molecule has 8 nitrogen and oxygen atoms in total. The van der Waals surface area contributed by atoms with Gasteiger partial charge >= 0.3 is 17.7 Å². The van der Waals surface area contributed by atoms with E-state index < -0.39 is 23.8 Å². The normalized spacial score (nSPS) is 16.2. The summed E-state index contributed by atoms with van der Waals surface area (Å²) in [6, 6.07) is 12.3. The standard InChI is InChI=1S/C20H20INO7/c1-11(22-10-15(23)12-5-7-14(21)8-6-12)9-13-3-2-4-16-17(13)29-20(28-16,18(24)25)19(26)27/h2-8,11,15,22-23H,9-10H2,1H3,(H,24,25)(H,26,27). The van der Waals surface area contributed by atoms with Crippen molar-refractivity contribution < 1.29 is 34.4 Å². The van der Waals surface area contributed by atoms with E-state index >= 15 is 0 Å². The van der Waals surface area contributed by atoms with Gasteiger partial charge in [0, 0.05) is 16.2 Å². The number of benzene rings is 2. The summed E-state index contributed by atoms with van der Waals surface area (Å²) in [7, 11) is 0. The molecule has 154 valence electrons. The first-order valence-corrected chi connectivity index (χ1v) is 9.94. The number of ether oxygens (including phenoxy) is 2. The Hall–Kier alpha value is -2.37. The minimum absolute atomic E-state index is 0.0680. The molecule has 2 unspecified atom stereocenters. The molecule has 1 aliphatic rings. The second-order valence-corrected chi connectivity index (χ2v) is 8.00. The molecule has 1 heterocycles. The van der Waals surface area contributed by atoms with Gasteiger partial charge in [-0.05, 0) is 65.3 Å². The average Bonchev–Trinajstić information content (AvgIpc) is 3.09. The van der Waals surface area contributed by atoms with Gasteiger partial charge in [0.05, 0.1) is 6.10 Å². The zero-order chi connectivity index (χ0) is 21.2. The van der Waals surface area contributed by atoms with E-state index in [0.717, 1.165) is 9.13 Å². The Labute approximate surface area is 180 Å². The first-order chi connectivity index (χ1) is 13.7. The number of carboxylic acid groups (broad SMARTS) is 2. The maximum Gasteiger partial charge on any atom is 0.453 e. The summed E-state index contributed by atoms with van der Waals surface area (Å²) in [5.41, 5.74) is 1.41. The Morgan fingerprint density at radius 2 is 1.76 bits per heavy atom. The van der Waals surface area contributed by atoms with Gasteiger partial charge in [0.2, 0.25) is 0 Å². The number of rotatable bonds is 8. The van der Waals surface area contributed by atoms with E-state index in [4.69, 9.17) is 9.47 Å². The van der Waals surface area contributed by atoms with E-state index in [1.807, 2.05) is 31.2 Å². The first kappa shape index (κ1) is 21.3. The Morgan fingerprint density at radius 3 is 2.38 bits per heavy atom. The summed E-state index contributed by atoms with van der Waals surface area (Å²) < 4.78 is 11.5. The molecule has 0 radical (unpaired) electrons. The fourth-order valence-corrected chi connectivity index (χ4v) is 3.38. The maximum absolute atomic E-state index is 11.4. The molecular formula is C20H20INO7. The lowest BCUT2D eigenvalue weighted by Gasteiger charge is -2.19. The fraction of sp³-hybridized carbons (Fsp3) is 0.300. The molecule has 0 amide bonds. The van der Waals surface area contributed by atoms with Gasteiger partial charge in [-0.25, -0.2) is 9.59 Å². The van der Waals surface area contributed by atoms with Crippen LogP contribution in [0.2, 0.25) is 0 Å². The molecule has 0 aromatic heterocycles. The smallest absolute Gasteiger partial charge is 0.453 e. The Bertz CT molecular complexity index is 902. The van der Waals surface area contributed by atoms with E-state index in [2.05, 4.69) is 27.9 Å². The van der Waals surface area contributed by atoms with Crippen LogP contribution < -0.4 is 14.8 Å². The number of fused-ring (bicyclic) bond motifs is 1. The highest BCUT2D eigenvalue weighted by atomic mass is 127. The zero-order valence-corrected chi connectivity index (χ0v) is 17.6. The molecule has 2 atom stereocenters. The lowest BCUT2D eigenvalue weighted by Crippen LogP contribution is -2.54. The van der Waals surface area contributed by atoms with Crippen LogP contribution in [0.5, 0.6) is 11.5 Å². The molecule has 0 fully saturated rings. The highest BCUT2D eigenvalue weighted by Gasteiger charge is 2.58. The number of halogens is 1. The van der Waals surface area contributed by atoms with Gasteiger partial charge in [-0.15, -0.1) is 0 Å². The molecular weight excluding hydrogens is 493 g/mol. The summed E-state index contributed by atoms with van der Waals surface area (Å²) in [6.45, 7) is 2.22. The van der Waals surface area contributed by atoms with Crippen LogP contribution >= 0.6 is 22.6 Å². The minimum Gasteiger partial charge on any atom is -0.475 e. The van der Waals surface area contributed by atoms with E-state index in [9.17, 15) is 24.9 Å². The largest absolute Gasteiger partial charge is 0.475 e. The minimum atomic E-state index is -2.78. The van der Waals surface area contributed by atoms with Crippen LogP contribution in [0, 0.1) is 3.57 Å². The molecule has 2 aromatic carbocycles. The average molecular weight is 513 g/mol. The third-order valence-electron chi connectivity index (χ3n) is 4.56. The van der Waals surface area contributed by atoms with Gasteiger partial charge in [0.15, 0.2) is 11.5 Å². The van der Waals surface area contributed by atoms with Gasteiger partial charge in [-0.1, -0.05) is 24.3 Å². The predicted octanol–water partition coefficient (Wildman–Crippen LogP) is 2.18. The summed E-state index contributed by atoms with van der Waals surface area (Å²) in [4.78, 5) is 22.9. The molecule has 0 saturated carbocycles. The molecule has 0 saturated heterocycles. The van der Waals surface area contributed by atoms with Crippen molar-refractivity contribution in [2.24, 2.45) is 0 Å². The third-order valence-corrected chi connectivity index (χ3v) is 5.28. The van der Waals surface area contributed by atoms with Gasteiger partial charge in [0.25, 0.3) is 0 Å². The van der Waals surface area contributed by atoms with Crippen LogP contribution in [-0.2, 0) is 16.0 Å². The van der Waals surface area contributed by atoms with E-state index in [-0.39, 0.29) is 17.5 Å². The molecule has 4 N–H and O–H groups in total. The van der Waals surface area contributed by atoms with Gasteiger partial charge in [-0.3, -0.25) is 0 Å². The number of carboxylic acids is 2. The highest BCUT2D eigenvalue weighted by molar-refractivity contribution is 14.1. The van der Waals surface area contributed by atoms with Gasteiger partial charge < -0.3 is 30.1 Å². The van der Waals surface area contributed by atoms with Crippen molar-refractivity contribution in [3.05, 3.63) is 57.2 Å². The second-order valence-electron chi connectivity index (χ2n) is 6.76. The highest BCUT2D eigenvalue weighted by Crippen LogP contribution is 2.42. The number of hydrogen-bond acceptors (Lipinski definition) is 6. The lowest BCUT2D eigenvalue weighted by molar-refractivity contribution is -0.194. The SMILES string of the molecule is CC(Cc1cccc2c1OC(C(=O)O)(C(=O)O)O2)NCC(O)c1ccc(I)cc1. The predicted molar refractivity (Wildman–Crippen MR) is 111 cm³/mol. The van der Waals surface area contributed by atoms with E-state index in [1.165, 1.54) is 6.07 Å². The van der Waals surface area contributed by atoms with E-state index in [1.54, 1.807) is 12.1 Å². The van der Waals surface area contributed by atoms with Crippen LogP contribution in [0.4, 0.5) is 0 Å². The zero-order valence-electron chi connectivity index (χ0n) is 15.5. The molecule has 0 bridgehead atoms. The first-order valence-electron chi connectivity index (χ1n) is 8.86. The van der Waals surface area contributed by atoms with E-state index in [0.29, 0.717) is 18.5 Å². The maximum atomic E-state index is 11.4. The summed E-state index contributed by atoms with van der Waals surface area (Å²) in [6.07, 6.45) is -0.261. The Kier molecular flexibility index (Phi) is 6.30.